The fourth-order valence-electron chi connectivity index (χ4n) is 3.15. The number of carbonyl (C=O) groups is 1. The van der Waals surface area contributed by atoms with Crippen LogP contribution in [0.3, 0.4) is 0 Å². The Morgan fingerprint density at radius 2 is 2.26 bits per heavy atom. The van der Waals surface area contributed by atoms with Gasteiger partial charge >= 0.3 is 0 Å². The fraction of sp³-hybridized carbons (Fsp3) is 0.235. The topological polar surface area (TPSA) is 96.7 Å². The third-order valence-corrected chi connectivity index (χ3v) is 4.37. The van der Waals surface area contributed by atoms with Gasteiger partial charge in [0.25, 0.3) is 5.91 Å². The lowest BCUT2D eigenvalue weighted by Crippen LogP contribution is -2.19. The number of carbonyl (C=O) groups excluding carboxylic acids is 1. The van der Waals surface area contributed by atoms with Crippen molar-refractivity contribution in [2.45, 2.75) is 25.3 Å². The number of nitrogens with two attached hydrogens (primary N) is 1. The number of fused-ring (bicyclic) bond motifs is 2. The van der Waals surface area contributed by atoms with Gasteiger partial charge in [-0.05, 0) is 48.6 Å². The van der Waals surface area contributed by atoms with E-state index >= 15 is 0 Å². The molecular formula is C17H17N5O. The maximum atomic E-state index is 12.6. The van der Waals surface area contributed by atoms with Gasteiger partial charge in [0, 0.05) is 17.8 Å². The second kappa shape index (κ2) is 5.48. The number of H-pyrrole nitrogens is 1. The maximum absolute atomic E-state index is 12.6. The van der Waals surface area contributed by atoms with Crippen LogP contribution in [0.25, 0.3) is 11.0 Å². The number of nitrogens with zero attached hydrogens (tertiary/aromatic N) is 2. The van der Waals surface area contributed by atoms with Crippen LogP contribution >= 0.6 is 0 Å². The molecule has 3 aromatic rings. The van der Waals surface area contributed by atoms with Crippen LogP contribution in [0.1, 0.15) is 40.4 Å². The molecule has 1 aliphatic rings. The van der Waals surface area contributed by atoms with Gasteiger partial charge in [0.15, 0.2) is 5.65 Å². The Morgan fingerprint density at radius 1 is 1.35 bits per heavy atom. The molecule has 1 aliphatic carbocycles. The van der Waals surface area contributed by atoms with E-state index in [4.69, 9.17) is 5.73 Å². The molecule has 0 saturated heterocycles. The first-order valence-corrected chi connectivity index (χ1v) is 7.70. The van der Waals surface area contributed by atoms with Crippen molar-refractivity contribution >= 4 is 22.6 Å². The highest BCUT2D eigenvalue weighted by atomic mass is 16.1. The maximum Gasteiger partial charge on any atom is 0.255 e. The molecule has 4 N–H and O–H groups in total. The van der Waals surface area contributed by atoms with Crippen molar-refractivity contribution in [2.75, 3.05) is 5.32 Å². The van der Waals surface area contributed by atoms with Gasteiger partial charge in [0.2, 0.25) is 0 Å². The molecule has 2 heterocycles. The highest BCUT2D eigenvalue weighted by Crippen LogP contribution is 2.29. The molecule has 23 heavy (non-hydrogen) atoms. The number of nitrogens with one attached hydrogen (secondary N) is 2. The third-order valence-electron chi connectivity index (χ3n) is 4.37. The SMILES string of the molecule is NC1CCCc2cc(C(=O)Nc3ccnc4[nH]ncc34)ccc21. The first-order chi connectivity index (χ1) is 11.2. The van der Waals surface area contributed by atoms with Crippen LogP contribution in [0.5, 0.6) is 0 Å². The number of aromatic nitrogens is 3. The van der Waals surface area contributed by atoms with E-state index in [-0.39, 0.29) is 11.9 Å². The van der Waals surface area contributed by atoms with Crippen molar-refractivity contribution in [1.82, 2.24) is 15.2 Å². The molecule has 1 amide bonds. The van der Waals surface area contributed by atoms with Crippen LogP contribution in [0.4, 0.5) is 5.69 Å². The molecule has 0 bridgehead atoms. The monoisotopic (exact) mass is 307 g/mol. The second-order valence-electron chi connectivity index (χ2n) is 5.86. The Morgan fingerprint density at radius 3 is 3.17 bits per heavy atom. The van der Waals surface area contributed by atoms with Gasteiger partial charge < -0.3 is 11.1 Å². The molecular weight excluding hydrogens is 290 g/mol. The Kier molecular flexibility index (Phi) is 3.31. The number of aryl methyl sites for hydroxylation is 1. The van der Waals surface area contributed by atoms with Crippen LogP contribution in [0.15, 0.2) is 36.7 Å². The molecule has 0 aliphatic heterocycles. The summed E-state index contributed by atoms with van der Waals surface area (Å²) in [5.41, 5.74) is 10.5. The molecule has 0 spiro atoms. The van der Waals surface area contributed by atoms with Gasteiger partial charge in [-0.2, -0.15) is 5.10 Å². The van der Waals surface area contributed by atoms with Gasteiger partial charge in [-0.25, -0.2) is 4.98 Å². The number of hydrogen-bond donors (Lipinski definition) is 3. The lowest BCUT2D eigenvalue weighted by molar-refractivity contribution is 0.102. The molecule has 1 unspecified atom stereocenters. The van der Waals surface area contributed by atoms with Crippen molar-refractivity contribution < 1.29 is 4.79 Å². The van der Waals surface area contributed by atoms with Crippen molar-refractivity contribution in [3.8, 4) is 0 Å². The van der Waals surface area contributed by atoms with Crippen LogP contribution < -0.4 is 11.1 Å². The van der Waals surface area contributed by atoms with E-state index in [0.29, 0.717) is 16.9 Å². The smallest absolute Gasteiger partial charge is 0.255 e. The molecule has 116 valence electrons. The van der Waals surface area contributed by atoms with Crippen molar-refractivity contribution in [3.63, 3.8) is 0 Å². The molecule has 6 heteroatoms. The average molecular weight is 307 g/mol. The molecule has 4 rings (SSSR count). The Bertz CT molecular complexity index is 886. The first-order valence-electron chi connectivity index (χ1n) is 7.70. The second-order valence-corrected chi connectivity index (χ2v) is 5.86. The standard InChI is InChI=1S/C17H17N5O/c18-14-3-1-2-10-8-11(4-5-12(10)14)17(23)21-15-6-7-19-16-13(15)9-20-22-16/h4-9,14H,1-3,18H2,(H2,19,20,21,22,23). The zero-order valence-electron chi connectivity index (χ0n) is 12.5. The zero-order chi connectivity index (χ0) is 15.8. The van der Waals surface area contributed by atoms with Crippen molar-refractivity contribution in [3.05, 3.63) is 53.3 Å². The zero-order valence-corrected chi connectivity index (χ0v) is 12.5. The number of aromatic amines is 1. The lowest BCUT2D eigenvalue weighted by Gasteiger charge is -2.22. The molecule has 6 nitrogen and oxygen atoms in total. The minimum Gasteiger partial charge on any atom is -0.324 e. The van der Waals surface area contributed by atoms with Gasteiger partial charge in [0.1, 0.15) is 0 Å². The summed E-state index contributed by atoms with van der Waals surface area (Å²) < 4.78 is 0. The molecule has 0 fully saturated rings. The van der Waals surface area contributed by atoms with Gasteiger partial charge in [-0.1, -0.05) is 6.07 Å². The first kappa shape index (κ1) is 13.9. The summed E-state index contributed by atoms with van der Waals surface area (Å²) in [6, 6.07) is 7.63. The fourth-order valence-corrected chi connectivity index (χ4v) is 3.15. The average Bonchev–Trinajstić information content (AvgIpc) is 3.04. The normalized spacial score (nSPS) is 17.0. The molecule has 0 saturated carbocycles. The summed E-state index contributed by atoms with van der Waals surface area (Å²) in [6.07, 6.45) is 6.35. The number of hydrogen-bond acceptors (Lipinski definition) is 4. The van der Waals surface area contributed by atoms with E-state index in [1.54, 1.807) is 18.5 Å². The summed E-state index contributed by atoms with van der Waals surface area (Å²) in [5, 5.41) is 10.5. The van der Waals surface area contributed by atoms with Gasteiger partial charge in [0.05, 0.1) is 17.3 Å². The van der Waals surface area contributed by atoms with Gasteiger partial charge in [-0.3, -0.25) is 9.89 Å². The predicted octanol–water partition coefficient (Wildman–Crippen LogP) is 2.55. The molecule has 2 aromatic heterocycles. The van der Waals surface area contributed by atoms with Crippen LogP contribution in [-0.4, -0.2) is 21.1 Å². The number of anilines is 1. The van der Waals surface area contributed by atoms with Gasteiger partial charge in [-0.15, -0.1) is 0 Å². The lowest BCUT2D eigenvalue weighted by atomic mass is 9.87. The van der Waals surface area contributed by atoms with Crippen LogP contribution in [0.2, 0.25) is 0 Å². The minimum atomic E-state index is -0.138. The Labute approximate surface area is 133 Å². The van der Waals surface area contributed by atoms with Crippen LogP contribution in [0, 0.1) is 0 Å². The van der Waals surface area contributed by atoms with Crippen molar-refractivity contribution in [2.24, 2.45) is 5.73 Å². The molecule has 0 radical (unpaired) electrons. The number of rotatable bonds is 2. The highest BCUT2D eigenvalue weighted by Gasteiger charge is 2.18. The van der Waals surface area contributed by atoms with E-state index in [0.717, 1.165) is 30.2 Å². The van der Waals surface area contributed by atoms with E-state index in [1.165, 1.54) is 5.56 Å². The van der Waals surface area contributed by atoms with E-state index in [1.807, 2.05) is 18.2 Å². The number of amides is 1. The highest BCUT2D eigenvalue weighted by molar-refractivity contribution is 6.08. The summed E-state index contributed by atoms with van der Waals surface area (Å²) >= 11 is 0. The van der Waals surface area contributed by atoms with Crippen molar-refractivity contribution in [1.29, 1.82) is 0 Å². The van der Waals surface area contributed by atoms with E-state index in [9.17, 15) is 4.79 Å². The third kappa shape index (κ3) is 2.47. The quantitative estimate of drug-likeness (QED) is 0.678. The van der Waals surface area contributed by atoms with E-state index in [2.05, 4.69) is 20.5 Å². The number of pyridine rings is 1. The summed E-state index contributed by atoms with van der Waals surface area (Å²) in [5.74, 6) is -0.138. The summed E-state index contributed by atoms with van der Waals surface area (Å²) in [6.45, 7) is 0. The number of benzene rings is 1. The van der Waals surface area contributed by atoms with Crippen LogP contribution in [-0.2, 0) is 6.42 Å². The molecule has 1 atom stereocenters. The Balaban J connectivity index is 1.63. The molecule has 1 aromatic carbocycles. The largest absolute Gasteiger partial charge is 0.324 e. The predicted molar refractivity (Wildman–Crippen MR) is 88.2 cm³/mol. The van der Waals surface area contributed by atoms with E-state index < -0.39 is 0 Å². The Hall–Kier alpha value is -2.73. The summed E-state index contributed by atoms with van der Waals surface area (Å²) in [7, 11) is 0. The summed E-state index contributed by atoms with van der Waals surface area (Å²) in [4.78, 5) is 16.7. The minimum absolute atomic E-state index is 0.0848.